The number of amides is 1. The van der Waals surface area contributed by atoms with E-state index in [0.29, 0.717) is 19.5 Å². The predicted molar refractivity (Wildman–Crippen MR) is 230 cm³/mol. The minimum absolute atomic E-state index is 0.0173. The summed E-state index contributed by atoms with van der Waals surface area (Å²) in [7, 11) is 1.20. The molecule has 0 aliphatic carbocycles. The van der Waals surface area contributed by atoms with Crippen molar-refractivity contribution >= 4 is 41.7 Å². The number of methoxy groups -OCH3 is 1. The summed E-state index contributed by atoms with van der Waals surface area (Å²) in [6.07, 6.45) is -0.197. The van der Waals surface area contributed by atoms with E-state index in [2.05, 4.69) is 5.32 Å². The molecule has 61 heavy (non-hydrogen) atoms. The van der Waals surface area contributed by atoms with E-state index in [9.17, 15) is 38.7 Å². The number of ether oxygens (including phenoxy) is 5. The highest BCUT2D eigenvalue weighted by atomic mass is 16.6. The maximum atomic E-state index is 14.4. The van der Waals surface area contributed by atoms with Crippen molar-refractivity contribution in [1.82, 2.24) is 10.2 Å². The summed E-state index contributed by atoms with van der Waals surface area (Å²) in [4.78, 5) is 97.0. The van der Waals surface area contributed by atoms with Crippen molar-refractivity contribution in [3.63, 3.8) is 0 Å². The van der Waals surface area contributed by atoms with Crippen molar-refractivity contribution in [2.24, 2.45) is 51.8 Å². The Bertz CT molecular complexity index is 1490. The van der Waals surface area contributed by atoms with Gasteiger partial charge in [-0.1, -0.05) is 48.5 Å². The lowest BCUT2D eigenvalue weighted by Gasteiger charge is -2.40. The monoisotopic (exact) mass is 869 g/mol. The minimum atomic E-state index is -1.54. The number of hydrogen-bond acceptors (Lipinski definition) is 13. The number of carbonyl (C=O) groups excluding carboxylic acids is 6. The molecule has 0 bridgehead atoms. The molecule has 6 atom stereocenters. The topological polar surface area (TPSA) is 201 Å². The molecule has 1 rings (SSSR count). The van der Waals surface area contributed by atoms with Crippen LogP contribution < -0.4 is 5.32 Å². The second kappa shape index (κ2) is 24.2. The van der Waals surface area contributed by atoms with E-state index in [1.165, 1.54) is 7.11 Å². The minimum Gasteiger partial charge on any atom is -0.481 e. The Morgan fingerprint density at radius 1 is 0.705 bits per heavy atom. The Morgan fingerprint density at radius 3 is 1.72 bits per heavy atom. The van der Waals surface area contributed by atoms with Crippen LogP contribution in [0.1, 0.15) is 142 Å². The third kappa shape index (κ3) is 18.6. The third-order valence-corrected chi connectivity index (χ3v) is 11.0. The fourth-order valence-corrected chi connectivity index (χ4v) is 7.84. The summed E-state index contributed by atoms with van der Waals surface area (Å²) >= 11 is 0. The molecule has 0 radical (unpaired) electrons. The Kier molecular flexibility index (Phi) is 21.9. The van der Waals surface area contributed by atoms with E-state index < -0.39 is 75.9 Å². The van der Waals surface area contributed by atoms with Crippen molar-refractivity contribution in [2.45, 2.75) is 153 Å². The van der Waals surface area contributed by atoms with Gasteiger partial charge in [0.05, 0.1) is 60.9 Å². The molecule has 1 fully saturated rings. The first-order valence-corrected chi connectivity index (χ1v) is 22.0. The molecule has 15 heteroatoms. The van der Waals surface area contributed by atoms with Gasteiger partial charge in [-0.15, -0.1) is 0 Å². The predicted octanol–water partition coefficient (Wildman–Crippen LogP) is 6.62. The summed E-state index contributed by atoms with van der Waals surface area (Å²) in [5, 5.41) is 14.1. The Labute approximate surface area is 365 Å². The quantitative estimate of drug-likeness (QED) is 0.0507. The first kappa shape index (κ1) is 55.3. The van der Waals surface area contributed by atoms with Crippen LogP contribution in [-0.2, 0) is 57.2 Å². The molecule has 6 unspecified atom stereocenters. The number of carbonyl (C=O) groups is 7. The number of esters is 5. The number of rotatable bonds is 27. The second-order valence-electron chi connectivity index (χ2n) is 20.6. The number of likely N-dealkylation sites (tertiary alicyclic amines) is 1. The third-order valence-electron chi connectivity index (χ3n) is 11.0. The van der Waals surface area contributed by atoms with Gasteiger partial charge in [0.15, 0.2) is 0 Å². The molecule has 352 valence electrons. The van der Waals surface area contributed by atoms with Crippen LogP contribution in [0.4, 0.5) is 0 Å². The molecule has 15 nitrogen and oxygen atoms in total. The molecule has 1 amide bonds. The van der Waals surface area contributed by atoms with Crippen LogP contribution in [0.15, 0.2) is 0 Å². The van der Waals surface area contributed by atoms with Crippen LogP contribution in [0.5, 0.6) is 0 Å². The fraction of sp³-hybridized carbons (Fsp3) is 0.848. The lowest BCUT2D eigenvalue weighted by molar-refractivity contribution is -0.168. The van der Waals surface area contributed by atoms with Crippen LogP contribution in [0, 0.1) is 51.8 Å². The lowest BCUT2D eigenvalue weighted by atomic mass is 9.68. The van der Waals surface area contributed by atoms with Gasteiger partial charge in [0.25, 0.3) is 0 Å². The molecule has 0 aromatic rings. The van der Waals surface area contributed by atoms with Gasteiger partial charge in [0.1, 0.15) is 6.61 Å². The highest BCUT2D eigenvalue weighted by Gasteiger charge is 2.50. The number of nitrogens with zero attached hydrogens (tertiary/aromatic N) is 1. The highest BCUT2D eigenvalue weighted by Crippen LogP contribution is 2.44. The first-order valence-electron chi connectivity index (χ1n) is 22.0. The van der Waals surface area contributed by atoms with Crippen molar-refractivity contribution in [3.05, 3.63) is 0 Å². The van der Waals surface area contributed by atoms with E-state index in [0.717, 1.165) is 0 Å². The fourth-order valence-electron chi connectivity index (χ4n) is 7.84. The summed E-state index contributed by atoms with van der Waals surface area (Å²) in [6.45, 7) is 26.2. The molecule has 0 aromatic heterocycles. The number of aliphatic carboxylic acids is 1. The van der Waals surface area contributed by atoms with Crippen molar-refractivity contribution in [1.29, 1.82) is 0 Å². The van der Waals surface area contributed by atoms with E-state index in [1.807, 2.05) is 62.3 Å². The van der Waals surface area contributed by atoms with Gasteiger partial charge >= 0.3 is 35.8 Å². The summed E-state index contributed by atoms with van der Waals surface area (Å²) in [5.41, 5.74) is -4.47. The second-order valence-corrected chi connectivity index (χ2v) is 20.6. The lowest BCUT2D eigenvalue weighted by Crippen LogP contribution is -2.47. The first-order chi connectivity index (χ1) is 28.0. The Hall–Kier alpha value is -3.75. The zero-order valence-electron chi connectivity index (χ0n) is 40.0. The molecule has 1 aliphatic heterocycles. The van der Waals surface area contributed by atoms with Crippen LogP contribution >= 0.6 is 0 Å². The van der Waals surface area contributed by atoms with Crippen LogP contribution in [0.3, 0.4) is 0 Å². The highest BCUT2D eigenvalue weighted by molar-refractivity contribution is 5.84. The van der Waals surface area contributed by atoms with Crippen molar-refractivity contribution in [3.8, 4) is 0 Å². The van der Waals surface area contributed by atoms with Gasteiger partial charge in [0.2, 0.25) is 5.91 Å². The van der Waals surface area contributed by atoms with Gasteiger partial charge in [-0.3, -0.25) is 33.6 Å². The number of nitrogens with one attached hydrogen (secondary N) is 1. The largest absolute Gasteiger partial charge is 0.481 e. The van der Waals surface area contributed by atoms with Crippen LogP contribution in [-0.4, -0.2) is 110 Å². The maximum Gasteiger partial charge on any atom is 0.311 e. The standard InChI is InChI=1S/C46H80N2O13/c1-29(2)25-59-38(52)32(7)35(39(53)60-26-30(3)4)24-45(13,42(56)61-27-31(5)6)23-34(48-19-16-17-36(48)49)21-33(37(50)51)22-46(14,41(55)57-15)28-44(11,12)40(54)58-20-18-47-43(8,9)10/h29-35,47H,16-28H2,1-15H3,(H,50,51). The van der Waals surface area contributed by atoms with E-state index in [-0.39, 0.29) is 94.2 Å². The van der Waals surface area contributed by atoms with Gasteiger partial charge < -0.3 is 39.0 Å². The molecular formula is C46H80N2O13. The molecule has 1 heterocycles. The summed E-state index contributed by atoms with van der Waals surface area (Å²) in [5.74, 6) is -8.25. The zero-order valence-corrected chi connectivity index (χ0v) is 40.0. The zero-order chi connectivity index (χ0) is 47.1. The average Bonchev–Trinajstić information content (AvgIpc) is 3.58. The van der Waals surface area contributed by atoms with Crippen molar-refractivity contribution in [2.75, 3.05) is 46.6 Å². The Balaban J connectivity index is 3.77. The summed E-state index contributed by atoms with van der Waals surface area (Å²) in [6, 6.07) is -0.876. The van der Waals surface area contributed by atoms with Gasteiger partial charge in [-0.2, -0.15) is 0 Å². The van der Waals surface area contributed by atoms with Gasteiger partial charge in [-0.05, 0) is 105 Å². The number of hydrogen-bond donors (Lipinski definition) is 2. The van der Waals surface area contributed by atoms with Crippen LogP contribution in [0.2, 0.25) is 0 Å². The SMILES string of the molecule is COC(=O)C(C)(CC(CC(CC(C)(CC(C(=O)OCC(C)C)C(C)C(=O)OCC(C)C)C(=O)OCC(C)C)N1CCCC1=O)C(=O)O)CC(C)(C)C(=O)OCCNC(C)(C)C. The van der Waals surface area contributed by atoms with Crippen molar-refractivity contribution < 1.29 is 62.4 Å². The molecule has 1 saturated heterocycles. The number of carboxylic acids is 1. The molecule has 0 spiro atoms. The maximum absolute atomic E-state index is 14.4. The normalized spacial score (nSPS) is 17.5. The molecule has 0 saturated carbocycles. The van der Waals surface area contributed by atoms with Gasteiger partial charge in [0, 0.05) is 31.1 Å². The van der Waals surface area contributed by atoms with Crippen LogP contribution in [0.25, 0.3) is 0 Å². The number of carboxylic acid groups (broad SMARTS) is 1. The van der Waals surface area contributed by atoms with E-state index in [4.69, 9.17) is 23.7 Å². The molecule has 2 N–H and O–H groups in total. The van der Waals surface area contributed by atoms with E-state index in [1.54, 1.807) is 39.5 Å². The molecule has 1 aliphatic rings. The average molecular weight is 869 g/mol. The smallest absolute Gasteiger partial charge is 0.311 e. The summed E-state index contributed by atoms with van der Waals surface area (Å²) < 4.78 is 27.8. The molecular weight excluding hydrogens is 789 g/mol. The van der Waals surface area contributed by atoms with Gasteiger partial charge in [-0.25, -0.2) is 0 Å². The molecule has 0 aromatic carbocycles. The van der Waals surface area contributed by atoms with E-state index >= 15 is 0 Å². The Morgan fingerprint density at radius 2 is 1.25 bits per heavy atom.